The van der Waals surface area contributed by atoms with E-state index < -0.39 is 0 Å². The van der Waals surface area contributed by atoms with Crippen molar-refractivity contribution in [2.24, 2.45) is 5.92 Å². The Morgan fingerprint density at radius 3 is 1.83 bits per heavy atom. The van der Waals surface area contributed by atoms with Crippen molar-refractivity contribution in [2.45, 2.75) is 52.5 Å². The Morgan fingerprint density at radius 2 is 1.42 bits per heavy atom. The van der Waals surface area contributed by atoms with Crippen LogP contribution in [0, 0.1) is 5.92 Å². The molecule has 1 heterocycles. The van der Waals surface area contributed by atoms with Gasteiger partial charge in [-0.1, -0.05) is 20.8 Å². The largest absolute Gasteiger partial charge is 0.300 e. The lowest BCUT2D eigenvalue weighted by molar-refractivity contribution is 0.184. The lowest BCUT2D eigenvalue weighted by atomic mass is 9.99. The SMILES string of the molecule is CC.CC1CCN(C2CC2)CC1. The topological polar surface area (TPSA) is 3.24 Å². The van der Waals surface area contributed by atoms with Gasteiger partial charge in [0.2, 0.25) is 0 Å². The highest BCUT2D eigenvalue weighted by molar-refractivity contribution is 4.86. The Morgan fingerprint density at radius 1 is 0.917 bits per heavy atom. The average molecular weight is 169 g/mol. The van der Waals surface area contributed by atoms with Crippen molar-refractivity contribution < 1.29 is 0 Å². The molecule has 0 atom stereocenters. The fraction of sp³-hybridized carbons (Fsp3) is 1.00. The normalized spacial score (nSPS) is 26.2. The second-order valence-corrected chi connectivity index (χ2v) is 3.95. The van der Waals surface area contributed by atoms with Gasteiger partial charge in [-0.2, -0.15) is 0 Å². The highest BCUT2D eigenvalue weighted by Crippen LogP contribution is 2.30. The van der Waals surface area contributed by atoms with Crippen LogP contribution in [0.15, 0.2) is 0 Å². The molecule has 1 saturated heterocycles. The summed E-state index contributed by atoms with van der Waals surface area (Å²) in [5, 5.41) is 0. The fourth-order valence-corrected chi connectivity index (χ4v) is 1.83. The first-order valence-electron chi connectivity index (χ1n) is 5.60. The second-order valence-electron chi connectivity index (χ2n) is 3.95. The van der Waals surface area contributed by atoms with Crippen molar-refractivity contribution in [3.63, 3.8) is 0 Å². The van der Waals surface area contributed by atoms with Gasteiger partial charge < -0.3 is 4.90 Å². The van der Waals surface area contributed by atoms with Crippen molar-refractivity contribution in [1.82, 2.24) is 4.90 Å². The standard InChI is InChI=1S/C9H17N.C2H6/c1-8-4-6-10(7-5-8)9-2-3-9;1-2/h8-9H,2-7H2,1H3;1-2H3. The van der Waals surface area contributed by atoms with E-state index in [9.17, 15) is 0 Å². The third-order valence-corrected chi connectivity index (χ3v) is 2.88. The van der Waals surface area contributed by atoms with Crippen LogP contribution >= 0.6 is 0 Å². The molecule has 1 nitrogen and oxygen atoms in total. The summed E-state index contributed by atoms with van der Waals surface area (Å²) in [4.78, 5) is 2.68. The van der Waals surface area contributed by atoms with Gasteiger partial charge >= 0.3 is 0 Å². The molecule has 2 fully saturated rings. The van der Waals surface area contributed by atoms with Crippen LogP contribution in [0.25, 0.3) is 0 Å². The molecular formula is C11H23N. The van der Waals surface area contributed by atoms with Gasteiger partial charge in [0, 0.05) is 6.04 Å². The molecule has 72 valence electrons. The highest BCUT2D eigenvalue weighted by Gasteiger charge is 2.30. The Kier molecular flexibility index (Phi) is 4.07. The van der Waals surface area contributed by atoms with Crippen molar-refractivity contribution in [3.05, 3.63) is 0 Å². The Hall–Kier alpha value is -0.0400. The predicted octanol–water partition coefficient (Wildman–Crippen LogP) is 2.91. The summed E-state index contributed by atoms with van der Waals surface area (Å²) in [6, 6.07) is 1.01. The smallest absolute Gasteiger partial charge is 0.00964 e. The number of rotatable bonds is 1. The minimum Gasteiger partial charge on any atom is -0.300 e. The maximum absolute atomic E-state index is 2.68. The van der Waals surface area contributed by atoms with Gasteiger partial charge in [-0.05, 0) is 44.7 Å². The molecule has 12 heavy (non-hydrogen) atoms. The summed E-state index contributed by atoms with van der Waals surface area (Å²) in [5.41, 5.74) is 0. The highest BCUT2D eigenvalue weighted by atomic mass is 15.2. The summed E-state index contributed by atoms with van der Waals surface area (Å²) < 4.78 is 0. The Balaban J connectivity index is 0.000000336. The van der Waals surface area contributed by atoms with Crippen LogP contribution in [0.5, 0.6) is 0 Å². The van der Waals surface area contributed by atoms with Gasteiger partial charge in [0.1, 0.15) is 0 Å². The van der Waals surface area contributed by atoms with E-state index in [0.717, 1.165) is 12.0 Å². The van der Waals surface area contributed by atoms with Crippen LogP contribution in [-0.2, 0) is 0 Å². The molecule has 0 N–H and O–H groups in total. The number of hydrogen-bond acceptors (Lipinski definition) is 1. The van der Waals surface area contributed by atoms with Gasteiger partial charge in [0.15, 0.2) is 0 Å². The van der Waals surface area contributed by atoms with E-state index in [1.54, 1.807) is 0 Å². The number of likely N-dealkylation sites (tertiary alicyclic amines) is 1. The number of hydrogen-bond donors (Lipinski definition) is 0. The van der Waals surface area contributed by atoms with Crippen LogP contribution in [0.4, 0.5) is 0 Å². The molecule has 1 aliphatic heterocycles. The Labute approximate surface area is 77.1 Å². The summed E-state index contributed by atoms with van der Waals surface area (Å²) in [6.45, 7) is 9.14. The molecule has 1 heteroatoms. The molecular weight excluding hydrogens is 146 g/mol. The van der Waals surface area contributed by atoms with E-state index in [-0.39, 0.29) is 0 Å². The molecule has 0 amide bonds. The molecule has 0 aromatic heterocycles. The van der Waals surface area contributed by atoms with E-state index in [1.165, 1.54) is 38.8 Å². The van der Waals surface area contributed by atoms with Crippen LogP contribution in [0.3, 0.4) is 0 Å². The van der Waals surface area contributed by atoms with Gasteiger partial charge in [0.05, 0.1) is 0 Å². The van der Waals surface area contributed by atoms with Crippen molar-refractivity contribution in [1.29, 1.82) is 0 Å². The zero-order valence-corrected chi connectivity index (χ0v) is 8.84. The molecule has 0 unspecified atom stereocenters. The van der Waals surface area contributed by atoms with Gasteiger partial charge in [-0.15, -0.1) is 0 Å². The molecule has 0 radical (unpaired) electrons. The van der Waals surface area contributed by atoms with E-state index >= 15 is 0 Å². The summed E-state index contributed by atoms with van der Waals surface area (Å²) in [7, 11) is 0. The van der Waals surface area contributed by atoms with Gasteiger partial charge in [0.25, 0.3) is 0 Å². The monoisotopic (exact) mass is 169 g/mol. The number of nitrogens with zero attached hydrogens (tertiary/aromatic N) is 1. The molecule has 0 aromatic carbocycles. The first-order chi connectivity index (χ1) is 5.86. The van der Waals surface area contributed by atoms with Crippen LogP contribution < -0.4 is 0 Å². The summed E-state index contributed by atoms with van der Waals surface area (Å²) in [5.74, 6) is 0.995. The Bertz CT molecular complexity index is 110. The molecule has 0 bridgehead atoms. The summed E-state index contributed by atoms with van der Waals surface area (Å²) >= 11 is 0. The minimum atomic E-state index is 0.995. The lowest BCUT2D eigenvalue weighted by Gasteiger charge is -2.29. The third-order valence-electron chi connectivity index (χ3n) is 2.88. The zero-order valence-electron chi connectivity index (χ0n) is 8.84. The second kappa shape index (κ2) is 4.86. The van der Waals surface area contributed by atoms with E-state index in [0.29, 0.717) is 0 Å². The minimum absolute atomic E-state index is 0.995. The first-order valence-corrected chi connectivity index (χ1v) is 5.60. The molecule has 1 saturated carbocycles. The molecule has 1 aliphatic carbocycles. The summed E-state index contributed by atoms with van der Waals surface area (Å²) in [6.07, 6.45) is 5.84. The van der Waals surface area contributed by atoms with Crippen LogP contribution in [0.1, 0.15) is 46.5 Å². The number of piperidine rings is 1. The molecule has 2 aliphatic rings. The molecule has 2 rings (SSSR count). The maximum atomic E-state index is 2.68. The van der Waals surface area contributed by atoms with Gasteiger partial charge in [-0.25, -0.2) is 0 Å². The van der Waals surface area contributed by atoms with Crippen LogP contribution in [0.2, 0.25) is 0 Å². The maximum Gasteiger partial charge on any atom is 0.00964 e. The van der Waals surface area contributed by atoms with Gasteiger partial charge in [-0.3, -0.25) is 0 Å². The van der Waals surface area contributed by atoms with Crippen molar-refractivity contribution >= 4 is 0 Å². The van der Waals surface area contributed by atoms with E-state index in [2.05, 4.69) is 11.8 Å². The van der Waals surface area contributed by atoms with E-state index in [4.69, 9.17) is 0 Å². The predicted molar refractivity (Wildman–Crippen MR) is 54.3 cm³/mol. The van der Waals surface area contributed by atoms with Crippen molar-refractivity contribution in [2.75, 3.05) is 13.1 Å². The first kappa shape index (κ1) is 10.0. The lowest BCUT2D eigenvalue weighted by Crippen LogP contribution is -2.34. The van der Waals surface area contributed by atoms with Crippen LogP contribution in [-0.4, -0.2) is 24.0 Å². The molecule has 0 spiro atoms. The van der Waals surface area contributed by atoms with E-state index in [1.807, 2.05) is 13.8 Å². The molecule has 0 aromatic rings. The zero-order chi connectivity index (χ0) is 8.97. The quantitative estimate of drug-likeness (QED) is 0.583. The van der Waals surface area contributed by atoms with Crippen molar-refractivity contribution in [3.8, 4) is 0 Å². The fourth-order valence-electron chi connectivity index (χ4n) is 1.83. The average Bonchev–Trinajstić information content (AvgIpc) is 2.93. The third kappa shape index (κ3) is 2.78.